The molecule has 1 aliphatic heterocycles. The number of hydrogen-bond acceptors (Lipinski definition) is 4. The van der Waals surface area contributed by atoms with Crippen molar-refractivity contribution in [1.29, 1.82) is 0 Å². The summed E-state index contributed by atoms with van der Waals surface area (Å²) in [4.78, 5) is 11.9. The van der Waals surface area contributed by atoms with E-state index in [1.54, 1.807) is 0 Å². The van der Waals surface area contributed by atoms with Crippen LogP contribution in [0.5, 0.6) is 0 Å². The van der Waals surface area contributed by atoms with Crippen LogP contribution in [0.15, 0.2) is 24.3 Å². The van der Waals surface area contributed by atoms with E-state index >= 15 is 0 Å². The summed E-state index contributed by atoms with van der Waals surface area (Å²) in [6, 6.07) is 8.42. The van der Waals surface area contributed by atoms with Gasteiger partial charge in [0.15, 0.2) is 5.82 Å². The maximum atomic E-state index is 6.65. The lowest BCUT2D eigenvalue weighted by Crippen LogP contribution is -2.33. The minimum absolute atomic E-state index is 0.406. The molecule has 146 valence electrons. The number of fused-ring (bicyclic) bond motifs is 1. The highest BCUT2D eigenvalue weighted by atomic mass is 35.5. The Balaban J connectivity index is 1.69. The normalized spacial score (nSPS) is 13.9. The van der Waals surface area contributed by atoms with Crippen LogP contribution in [-0.2, 0) is 20.0 Å². The van der Waals surface area contributed by atoms with E-state index in [0.717, 1.165) is 47.1 Å². The Hall–Kier alpha value is -2.40. The van der Waals surface area contributed by atoms with E-state index in [1.807, 2.05) is 11.7 Å². The number of nitrogens with zero attached hydrogens (tertiary/aromatic N) is 5. The van der Waals surface area contributed by atoms with Gasteiger partial charge in [0.1, 0.15) is 11.0 Å². The molecule has 0 saturated heterocycles. The van der Waals surface area contributed by atoms with E-state index in [1.165, 1.54) is 11.1 Å². The summed E-state index contributed by atoms with van der Waals surface area (Å²) >= 11 is 6.65. The highest BCUT2D eigenvalue weighted by molar-refractivity contribution is 6.30. The van der Waals surface area contributed by atoms with Crippen molar-refractivity contribution in [3.63, 3.8) is 0 Å². The van der Waals surface area contributed by atoms with Crippen LogP contribution in [0.3, 0.4) is 0 Å². The van der Waals surface area contributed by atoms with Crippen molar-refractivity contribution in [1.82, 2.24) is 19.7 Å². The minimum atomic E-state index is 0.406. The van der Waals surface area contributed by atoms with E-state index in [-0.39, 0.29) is 0 Å². The van der Waals surface area contributed by atoms with E-state index < -0.39 is 0 Å². The number of rotatable bonds is 3. The molecule has 6 heteroatoms. The topological polar surface area (TPSA) is 46.8 Å². The number of halogens is 1. The van der Waals surface area contributed by atoms with Crippen molar-refractivity contribution >= 4 is 17.4 Å². The molecule has 0 radical (unpaired) electrons. The van der Waals surface area contributed by atoms with Gasteiger partial charge < -0.3 is 4.90 Å². The van der Waals surface area contributed by atoms with Gasteiger partial charge in [-0.05, 0) is 30.9 Å². The van der Waals surface area contributed by atoms with Gasteiger partial charge in [-0.2, -0.15) is 5.10 Å². The smallest absolute Gasteiger partial charge is 0.161 e. The van der Waals surface area contributed by atoms with Crippen LogP contribution in [0, 0.1) is 13.8 Å². The standard InChI is InChI=1S/C22H26ClN5/c1-13(2)18-11-19(27(5)26-18)28-10-9-17-16(12-28)21(23)25-22(24-17)20-14(3)7-6-8-15(20)4/h6-8,11,13H,9-10,12H2,1-5H3. The van der Waals surface area contributed by atoms with Gasteiger partial charge in [0.05, 0.1) is 11.4 Å². The van der Waals surface area contributed by atoms with Crippen LogP contribution in [0.2, 0.25) is 5.15 Å². The minimum Gasteiger partial charge on any atom is -0.352 e. The van der Waals surface area contributed by atoms with Crippen molar-refractivity contribution in [3.8, 4) is 11.4 Å². The highest BCUT2D eigenvalue weighted by Gasteiger charge is 2.25. The van der Waals surface area contributed by atoms with E-state index in [2.05, 4.69) is 66.9 Å². The van der Waals surface area contributed by atoms with Crippen molar-refractivity contribution < 1.29 is 0 Å². The highest BCUT2D eigenvalue weighted by Crippen LogP contribution is 2.32. The Labute approximate surface area is 171 Å². The molecular formula is C22H26ClN5. The second-order valence-corrected chi connectivity index (χ2v) is 8.27. The first-order valence-corrected chi connectivity index (χ1v) is 10.1. The van der Waals surface area contributed by atoms with E-state index in [9.17, 15) is 0 Å². The van der Waals surface area contributed by atoms with Gasteiger partial charge in [-0.1, -0.05) is 43.6 Å². The molecule has 0 aliphatic carbocycles. The number of anilines is 1. The van der Waals surface area contributed by atoms with Crippen molar-refractivity contribution in [2.75, 3.05) is 11.4 Å². The first-order chi connectivity index (χ1) is 13.3. The molecule has 0 unspecified atom stereocenters. The van der Waals surface area contributed by atoms with E-state index in [0.29, 0.717) is 17.6 Å². The molecular weight excluding hydrogens is 370 g/mol. The second-order valence-electron chi connectivity index (χ2n) is 7.91. The number of aromatic nitrogens is 4. The Morgan fingerprint density at radius 2 is 1.82 bits per heavy atom. The Morgan fingerprint density at radius 3 is 2.46 bits per heavy atom. The molecule has 0 spiro atoms. The summed E-state index contributed by atoms with van der Waals surface area (Å²) in [7, 11) is 2.00. The fourth-order valence-corrected chi connectivity index (χ4v) is 4.15. The van der Waals surface area contributed by atoms with Crippen LogP contribution in [0.25, 0.3) is 11.4 Å². The second kappa shape index (κ2) is 7.21. The van der Waals surface area contributed by atoms with Gasteiger partial charge >= 0.3 is 0 Å². The molecule has 0 saturated carbocycles. The summed E-state index contributed by atoms with van der Waals surface area (Å²) in [6.45, 7) is 10.1. The largest absolute Gasteiger partial charge is 0.352 e. The predicted octanol–water partition coefficient (Wildman–Crippen LogP) is 4.83. The van der Waals surface area contributed by atoms with Crippen LogP contribution >= 0.6 is 11.6 Å². The number of hydrogen-bond donors (Lipinski definition) is 0. The third-order valence-electron chi connectivity index (χ3n) is 5.50. The maximum Gasteiger partial charge on any atom is 0.161 e. The van der Waals surface area contributed by atoms with Gasteiger partial charge in [-0.25, -0.2) is 9.97 Å². The summed E-state index contributed by atoms with van der Waals surface area (Å²) < 4.78 is 1.96. The number of benzene rings is 1. The zero-order valence-electron chi connectivity index (χ0n) is 17.1. The van der Waals surface area contributed by atoms with Crippen LogP contribution < -0.4 is 4.90 Å². The Kier molecular flexibility index (Phi) is 4.88. The molecule has 3 heterocycles. The first kappa shape index (κ1) is 18.9. The summed E-state index contributed by atoms with van der Waals surface area (Å²) in [5.74, 6) is 2.25. The molecule has 1 aliphatic rings. The SMILES string of the molecule is Cc1cccc(C)c1-c1nc(Cl)c2c(n1)CCN(c1cc(C(C)C)nn1C)C2. The summed E-state index contributed by atoms with van der Waals surface area (Å²) in [5.41, 5.74) is 6.61. The zero-order valence-corrected chi connectivity index (χ0v) is 17.9. The molecule has 3 aromatic rings. The van der Waals surface area contributed by atoms with Crippen molar-refractivity contribution in [2.24, 2.45) is 7.05 Å². The lowest BCUT2D eigenvalue weighted by atomic mass is 10.0. The van der Waals surface area contributed by atoms with Crippen molar-refractivity contribution in [3.05, 3.63) is 57.5 Å². The molecule has 28 heavy (non-hydrogen) atoms. The Bertz CT molecular complexity index is 1020. The predicted molar refractivity (Wildman–Crippen MR) is 114 cm³/mol. The zero-order chi connectivity index (χ0) is 20.0. The van der Waals surface area contributed by atoms with E-state index in [4.69, 9.17) is 16.6 Å². The molecule has 0 N–H and O–H groups in total. The first-order valence-electron chi connectivity index (χ1n) is 9.76. The lowest BCUT2D eigenvalue weighted by Gasteiger charge is -2.30. The molecule has 2 aromatic heterocycles. The van der Waals surface area contributed by atoms with Gasteiger partial charge in [-0.3, -0.25) is 4.68 Å². The lowest BCUT2D eigenvalue weighted by molar-refractivity contribution is 0.650. The van der Waals surface area contributed by atoms with Gasteiger partial charge in [-0.15, -0.1) is 0 Å². The molecule has 0 fully saturated rings. The van der Waals surface area contributed by atoms with Crippen LogP contribution in [-0.4, -0.2) is 26.3 Å². The van der Waals surface area contributed by atoms with Crippen molar-refractivity contribution in [2.45, 2.75) is 46.6 Å². The fourth-order valence-electron chi connectivity index (χ4n) is 3.91. The molecule has 4 rings (SSSR count). The Morgan fingerprint density at radius 1 is 1.11 bits per heavy atom. The number of aryl methyl sites for hydroxylation is 3. The average molecular weight is 396 g/mol. The maximum absolute atomic E-state index is 6.65. The van der Waals surface area contributed by atoms with Gasteiger partial charge in [0, 0.05) is 43.8 Å². The quantitative estimate of drug-likeness (QED) is 0.595. The third-order valence-corrected chi connectivity index (χ3v) is 5.82. The third kappa shape index (κ3) is 3.28. The van der Waals surface area contributed by atoms with Gasteiger partial charge in [0.25, 0.3) is 0 Å². The summed E-state index contributed by atoms with van der Waals surface area (Å²) in [5, 5.41) is 5.20. The molecule has 0 amide bonds. The fraction of sp³-hybridized carbons (Fsp3) is 0.409. The molecule has 0 atom stereocenters. The molecule has 0 bridgehead atoms. The summed E-state index contributed by atoms with van der Waals surface area (Å²) in [6.07, 6.45) is 0.845. The average Bonchev–Trinajstić information content (AvgIpc) is 3.03. The molecule has 5 nitrogen and oxygen atoms in total. The monoisotopic (exact) mass is 395 g/mol. The molecule has 1 aromatic carbocycles. The van der Waals surface area contributed by atoms with Crippen LogP contribution in [0.1, 0.15) is 47.8 Å². The van der Waals surface area contributed by atoms with Crippen LogP contribution in [0.4, 0.5) is 5.82 Å². The van der Waals surface area contributed by atoms with Gasteiger partial charge in [0.2, 0.25) is 0 Å².